The standard InChI is InChI=1S/C13H25NO/c1-12(2,3)9-8-14(7)11(15)10(9)13(4,5)6/h9-10H,8H2,1-7H3. The lowest BCUT2D eigenvalue weighted by molar-refractivity contribution is -0.133. The molecule has 0 aromatic rings. The summed E-state index contributed by atoms with van der Waals surface area (Å²) in [4.78, 5) is 14.0. The zero-order valence-corrected chi connectivity index (χ0v) is 11.2. The van der Waals surface area contributed by atoms with E-state index in [0.717, 1.165) is 6.54 Å². The van der Waals surface area contributed by atoms with Crippen LogP contribution in [0.2, 0.25) is 0 Å². The van der Waals surface area contributed by atoms with Crippen molar-refractivity contribution in [1.82, 2.24) is 4.90 Å². The first-order chi connectivity index (χ1) is 6.55. The fourth-order valence-electron chi connectivity index (χ4n) is 2.65. The molecule has 2 unspecified atom stereocenters. The van der Waals surface area contributed by atoms with Crippen molar-refractivity contribution in [3.05, 3.63) is 0 Å². The minimum atomic E-state index is 0.0692. The van der Waals surface area contributed by atoms with Crippen LogP contribution in [0.15, 0.2) is 0 Å². The smallest absolute Gasteiger partial charge is 0.226 e. The third-order valence-corrected chi connectivity index (χ3v) is 3.56. The van der Waals surface area contributed by atoms with Crippen molar-refractivity contribution < 1.29 is 4.79 Å². The number of rotatable bonds is 0. The molecule has 0 aromatic heterocycles. The maximum atomic E-state index is 12.1. The number of amides is 1. The summed E-state index contributed by atoms with van der Waals surface area (Å²) < 4.78 is 0. The molecule has 88 valence electrons. The Bertz CT molecular complexity index is 257. The first-order valence-corrected chi connectivity index (χ1v) is 5.80. The van der Waals surface area contributed by atoms with Gasteiger partial charge in [-0.1, -0.05) is 41.5 Å². The fourth-order valence-corrected chi connectivity index (χ4v) is 2.65. The monoisotopic (exact) mass is 211 g/mol. The van der Waals surface area contributed by atoms with Gasteiger partial charge in [0.05, 0.1) is 0 Å². The second-order valence-electron chi connectivity index (χ2n) is 7.03. The average Bonchev–Trinajstić information content (AvgIpc) is 2.25. The molecular formula is C13H25NO. The van der Waals surface area contributed by atoms with Crippen molar-refractivity contribution in [1.29, 1.82) is 0 Å². The van der Waals surface area contributed by atoms with Crippen LogP contribution in [-0.4, -0.2) is 24.4 Å². The molecular weight excluding hydrogens is 186 g/mol. The number of carbonyl (C=O) groups excluding carboxylic acids is 1. The number of carbonyl (C=O) groups is 1. The Labute approximate surface area is 94.0 Å². The molecule has 0 N–H and O–H groups in total. The summed E-state index contributed by atoms with van der Waals surface area (Å²) in [5.74, 6) is 0.958. The summed E-state index contributed by atoms with van der Waals surface area (Å²) in [5.41, 5.74) is 0.276. The van der Waals surface area contributed by atoms with Crippen LogP contribution in [0.4, 0.5) is 0 Å². The highest BCUT2D eigenvalue weighted by Gasteiger charge is 2.49. The van der Waals surface area contributed by atoms with Crippen molar-refractivity contribution in [3.63, 3.8) is 0 Å². The maximum Gasteiger partial charge on any atom is 0.226 e. The van der Waals surface area contributed by atoms with Crippen LogP contribution in [0.5, 0.6) is 0 Å². The minimum absolute atomic E-state index is 0.0692. The lowest BCUT2D eigenvalue weighted by Gasteiger charge is -2.37. The topological polar surface area (TPSA) is 20.3 Å². The quantitative estimate of drug-likeness (QED) is 0.603. The Balaban J connectivity index is 3.04. The van der Waals surface area contributed by atoms with Crippen LogP contribution in [0, 0.1) is 22.7 Å². The highest BCUT2D eigenvalue weighted by molar-refractivity contribution is 5.82. The van der Waals surface area contributed by atoms with Gasteiger partial charge >= 0.3 is 0 Å². The molecule has 2 heteroatoms. The molecule has 1 saturated heterocycles. The first-order valence-electron chi connectivity index (χ1n) is 5.80. The van der Waals surface area contributed by atoms with Crippen LogP contribution < -0.4 is 0 Å². The molecule has 1 heterocycles. The SMILES string of the molecule is CN1CC(C(C)(C)C)C(C(C)(C)C)C1=O. The lowest BCUT2D eigenvalue weighted by Crippen LogP contribution is -2.37. The van der Waals surface area contributed by atoms with Gasteiger partial charge in [-0.15, -0.1) is 0 Å². The van der Waals surface area contributed by atoms with Crippen molar-refractivity contribution in [2.24, 2.45) is 22.7 Å². The van der Waals surface area contributed by atoms with Crippen LogP contribution >= 0.6 is 0 Å². The van der Waals surface area contributed by atoms with Gasteiger partial charge < -0.3 is 4.90 Å². The molecule has 2 nitrogen and oxygen atoms in total. The van der Waals surface area contributed by atoms with Gasteiger partial charge in [-0.3, -0.25) is 4.79 Å². The second-order valence-corrected chi connectivity index (χ2v) is 7.03. The molecule has 1 fully saturated rings. The lowest BCUT2D eigenvalue weighted by atomic mass is 9.66. The highest BCUT2D eigenvalue weighted by atomic mass is 16.2. The molecule has 2 atom stereocenters. The zero-order valence-electron chi connectivity index (χ0n) is 11.2. The predicted molar refractivity (Wildman–Crippen MR) is 63.5 cm³/mol. The van der Waals surface area contributed by atoms with Gasteiger partial charge in [-0.25, -0.2) is 0 Å². The molecule has 1 aliphatic rings. The number of hydrogen-bond acceptors (Lipinski definition) is 1. The van der Waals surface area contributed by atoms with Crippen LogP contribution in [-0.2, 0) is 4.79 Å². The van der Waals surface area contributed by atoms with E-state index in [0.29, 0.717) is 11.8 Å². The zero-order chi connectivity index (χ0) is 12.0. The van der Waals surface area contributed by atoms with Gasteiger partial charge in [0.25, 0.3) is 0 Å². The third kappa shape index (κ3) is 2.35. The van der Waals surface area contributed by atoms with Gasteiger partial charge in [0.1, 0.15) is 0 Å². The number of likely N-dealkylation sites (tertiary alicyclic amines) is 1. The Morgan fingerprint density at radius 2 is 1.53 bits per heavy atom. The normalized spacial score (nSPS) is 28.7. The van der Waals surface area contributed by atoms with Gasteiger partial charge in [-0.05, 0) is 16.7 Å². The maximum absolute atomic E-state index is 12.1. The minimum Gasteiger partial charge on any atom is -0.345 e. The van der Waals surface area contributed by atoms with Crippen molar-refractivity contribution >= 4 is 5.91 Å². The molecule has 1 amide bonds. The Morgan fingerprint density at radius 3 is 1.80 bits per heavy atom. The van der Waals surface area contributed by atoms with E-state index in [1.807, 2.05) is 11.9 Å². The molecule has 0 spiro atoms. The molecule has 0 aromatic carbocycles. The Kier molecular flexibility index (Phi) is 2.92. The summed E-state index contributed by atoms with van der Waals surface area (Å²) in [6.07, 6.45) is 0. The van der Waals surface area contributed by atoms with E-state index in [4.69, 9.17) is 0 Å². The van der Waals surface area contributed by atoms with Crippen LogP contribution in [0.3, 0.4) is 0 Å². The fraction of sp³-hybridized carbons (Fsp3) is 0.923. The summed E-state index contributed by atoms with van der Waals surface area (Å²) in [5, 5.41) is 0. The largest absolute Gasteiger partial charge is 0.345 e. The van der Waals surface area contributed by atoms with Crippen molar-refractivity contribution in [3.8, 4) is 0 Å². The van der Waals surface area contributed by atoms with Crippen molar-refractivity contribution in [2.45, 2.75) is 41.5 Å². The Morgan fingerprint density at radius 1 is 1.07 bits per heavy atom. The van der Waals surface area contributed by atoms with E-state index >= 15 is 0 Å². The van der Waals surface area contributed by atoms with Gasteiger partial charge in [0.15, 0.2) is 0 Å². The first kappa shape index (κ1) is 12.5. The van der Waals surface area contributed by atoms with Crippen molar-refractivity contribution in [2.75, 3.05) is 13.6 Å². The molecule has 1 rings (SSSR count). The van der Waals surface area contributed by atoms with E-state index in [1.54, 1.807) is 0 Å². The summed E-state index contributed by atoms with van der Waals surface area (Å²) in [7, 11) is 1.92. The second kappa shape index (κ2) is 3.50. The highest BCUT2D eigenvalue weighted by Crippen LogP contribution is 2.45. The van der Waals surface area contributed by atoms with Crippen LogP contribution in [0.25, 0.3) is 0 Å². The van der Waals surface area contributed by atoms with E-state index in [2.05, 4.69) is 41.5 Å². The summed E-state index contributed by atoms with van der Waals surface area (Å²) >= 11 is 0. The van der Waals surface area contributed by atoms with Gasteiger partial charge in [0.2, 0.25) is 5.91 Å². The van der Waals surface area contributed by atoms with E-state index in [-0.39, 0.29) is 16.7 Å². The summed E-state index contributed by atoms with van der Waals surface area (Å²) in [6, 6.07) is 0. The molecule has 1 aliphatic heterocycles. The molecule has 15 heavy (non-hydrogen) atoms. The van der Waals surface area contributed by atoms with Gasteiger partial charge in [0, 0.05) is 19.5 Å². The molecule has 0 bridgehead atoms. The predicted octanol–water partition coefficient (Wildman–Crippen LogP) is 2.78. The number of hydrogen-bond donors (Lipinski definition) is 0. The average molecular weight is 211 g/mol. The van der Waals surface area contributed by atoms with E-state index in [1.165, 1.54) is 0 Å². The van der Waals surface area contributed by atoms with E-state index < -0.39 is 0 Å². The number of nitrogens with zero attached hydrogens (tertiary/aromatic N) is 1. The molecule has 0 aliphatic carbocycles. The Hall–Kier alpha value is -0.530. The summed E-state index contributed by atoms with van der Waals surface area (Å²) in [6.45, 7) is 14.1. The van der Waals surface area contributed by atoms with Gasteiger partial charge in [-0.2, -0.15) is 0 Å². The van der Waals surface area contributed by atoms with E-state index in [9.17, 15) is 4.79 Å². The van der Waals surface area contributed by atoms with Crippen LogP contribution in [0.1, 0.15) is 41.5 Å². The molecule has 0 saturated carbocycles. The molecule has 0 radical (unpaired) electrons. The third-order valence-electron chi connectivity index (χ3n) is 3.56.